The van der Waals surface area contributed by atoms with Gasteiger partial charge in [0.05, 0.1) is 0 Å². The Kier molecular flexibility index (Phi) is 3.69. The summed E-state index contributed by atoms with van der Waals surface area (Å²) in [6.45, 7) is 0. The van der Waals surface area contributed by atoms with Crippen molar-refractivity contribution in [3.05, 3.63) is 77.9 Å². The summed E-state index contributed by atoms with van der Waals surface area (Å²) in [4.78, 5) is 0. The second kappa shape index (κ2) is 5.79. The molecule has 1 N–H and O–H groups in total. The molecule has 0 heterocycles. The van der Waals surface area contributed by atoms with Crippen molar-refractivity contribution in [3.8, 4) is 0 Å². The van der Waals surface area contributed by atoms with Gasteiger partial charge in [-0.2, -0.15) is 0 Å². The van der Waals surface area contributed by atoms with Gasteiger partial charge in [-0.05, 0) is 47.2 Å². The van der Waals surface area contributed by atoms with Crippen molar-refractivity contribution in [2.75, 3.05) is 12.4 Å². The van der Waals surface area contributed by atoms with Crippen molar-refractivity contribution in [2.24, 2.45) is 0 Å². The van der Waals surface area contributed by atoms with Crippen LogP contribution in [0.1, 0.15) is 24.0 Å². The van der Waals surface area contributed by atoms with Gasteiger partial charge in [-0.25, -0.2) is 0 Å². The minimum Gasteiger partial charge on any atom is -0.388 e. The van der Waals surface area contributed by atoms with Crippen LogP contribution in [0.4, 0.5) is 5.69 Å². The van der Waals surface area contributed by atoms with E-state index in [0.717, 1.165) is 18.5 Å². The van der Waals surface area contributed by atoms with E-state index < -0.39 is 0 Å². The Bertz CT molecular complexity index is 633. The predicted molar refractivity (Wildman–Crippen MR) is 87.6 cm³/mol. The molecule has 0 radical (unpaired) electrons. The third-order valence-corrected chi connectivity index (χ3v) is 3.84. The maximum atomic E-state index is 3.15. The third-order valence-electron chi connectivity index (χ3n) is 3.84. The maximum absolute atomic E-state index is 3.15. The Labute approximate surface area is 120 Å². The SMILES string of the molecule is CNc1ccc(C2=CC=C(c3ccccc3)CC2)cc1. The molecule has 0 bridgehead atoms. The van der Waals surface area contributed by atoms with E-state index >= 15 is 0 Å². The smallest absolute Gasteiger partial charge is 0.0337 e. The molecule has 0 atom stereocenters. The zero-order chi connectivity index (χ0) is 13.8. The van der Waals surface area contributed by atoms with Crippen molar-refractivity contribution in [1.82, 2.24) is 0 Å². The van der Waals surface area contributed by atoms with Gasteiger partial charge in [-0.3, -0.25) is 0 Å². The zero-order valence-electron chi connectivity index (χ0n) is 11.8. The number of benzene rings is 2. The Morgan fingerprint density at radius 1 is 0.700 bits per heavy atom. The van der Waals surface area contributed by atoms with Gasteiger partial charge in [0.15, 0.2) is 0 Å². The molecule has 0 aliphatic heterocycles. The fourth-order valence-electron chi connectivity index (χ4n) is 2.62. The predicted octanol–water partition coefficient (Wildman–Crippen LogP) is 4.99. The Morgan fingerprint density at radius 2 is 1.25 bits per heavy atom. The minimum atomic E-state index is 1.11. The molecule has 1 heteroatoms. The summed E-state index contributed by atoms with van der Waals surface area (Å²) in [6, 6.07) is 19.3. The fourth-order valence-corrected chi connectivity index (χ4v) is 2.62. The van der Waals surface area contributed by atoms with E-state index in [2.05, 4.69) is 72.1 Å². The van der Waals surface area contributed by atoms with Crippen LogP contribution in [0.25, 0.3) is 11.1 Å². The summed E-state index contributed by atoms with van der Waals surface area (Å²) in [5.74, 6) is 0. The van der Waals surface area contributed by atoms with E-state index in [0.29, 0.717) is 0 Å². The van der Waals surface area contributed by atoms with Gasteiger partial charge in [0.1, 0.15) is 0 Å². The molecule has 1 aliphatic carbocycles. The number of rotatable bonds is 3. The molecule has 3 rings (SSSR count). The van der Waals surface area contributed by atoms with Crippen LogP contribution in [0.3, 0.4) is 0 Å². The molecule has 20 heavy (non-hydrogen) atoms. The zero-order valence-corrected chi connectivity index (χ0v) is 11.8. The number of allylic oxidation sites excluding steroid dienone is 4. The van der Waals surface area contributed by atoms with Crippen LogP contribution in [0, 0.1) is 0 Å². The lowest BCUT2D eigenvalue weighted by Crippen LogP contribution is -1.94. The highest BCUT2D eigenvalue weighted by atomic mass is 14.8. The second-order valence-corrected chi connectivity index (χ2v) is 5.08. The van der Waals surface area contributed by atoms with Gasteiger partial charge in [0.25, 0.3) is 0 Å². The normalized spacial score (nSPS) is 14.4. The molecular formula is C19H19N. The molecule has 0 aromatic heterocycles. The summed E-state index contributed by atoms with van der Waals surface area (Å²) in [5.41, 5.74) is 6.68. The van der Waals surface area contributed by atoms with Gasteiger partial charge >= 0.3 is 0 Å². The first kappa shape index (κ1) is 12.7. The van der Waals surface area contributed by atoms with E-state index in [1.807, 2.05) is 7.05 Å². The molecular weight excluding hydrogens is 242 g/mol. The average molecular weight is 261 g/mol. The van der Waals surface area contributed by atoms with Crippen LogP contribution in [0.15, 0.2) is 66.7 Å². The molecule has 100 valence electrons. The van der Waals surface area contributed by atoms with Crippen molar-refractivity contribution >= 4 is 16.8 Å². The van der Waals surface area contributed by atoms with Crippen molar-refractivity contribution in [2.45, 2.75) is 12.8 Å². The highest BCUT2D eigenvalue weighted by Gasteiger charge is 2.09. The van der Waals surface area contributed by atoms with Crippen LogP contribution in [0.5, 0.6) is 0 Å². The molecule has 0 amide bonds. The van der Waals surface area contributed by atoms with E-state index in [1.54, 1.807) is 0 Å². The van der Waals surface area contributed by atoms with Gasteiger partial charge in [0, 0.05) is 12.7 Å². The topological polar surface area (TPSA) is 12.0 Å². The largest absolute Gasteiger partial charge is 0.388 e. The Hall–Kier alpha value is -2.28. The van der Waals surface area contributed by atoms with Gasteiger partial charge in [-0.1, -0.05) is 54.6 Å². The van der Waals surface area contributed by atoms with Crippen LogP contribution in [-0.2, 0) is 0 Å². The number of anilines is 1. The maximum Gasteiger partial charge on any atom is 0.0337 e. The molecule has 0 fully saturated rings. The Morgan fingerprint density at radius 3 is 1.75 bits per heavy atom. The van der Waals surface area contributed by atoms with Gasteiger partial charge < -0.3 is 5.32 Å². The lowest BCUT2D eigenvalue weighted by Gasteiger charge is -2.15. The molecule has 0 saturated heterocycles. The standard InChI is InChI=1S/C19H19N/c1-20-19-13-11-18(12-14-19)17-9-7-16(8-10-17)15-5-3-2-4-6-15/h2-7,9,11-14,20H,8,10H2,1H3. The van der Waals surface area contributed by atoms with E-state index in [1.165, 1.54) is 22.3 Å². The summed E-state index contributed by atoms with van der Waals surface area (Å²) < 4.78 is 0. The fraction of sp³-hybridized carbons (Fsp3) is 0.158. The van der Waals surface area contributed by atoms with E-state index in [9.17, 15) is 0 Å². The van der Waals surface area contributed by atoms with Crippen LogP contribution in [-0.4, -0.2) is 7.05 Å². The highest BCUT2D eigenvalue weighted by molar-refractivity contribution is 5.78. The molecule has 2 aromatic rings. The summed E-state index contributed by atoms with van der Waals surface area (Å²) >= 11 is 0. The van der Waals surface area contributed by atoms with Crippen LogP contribution < -0.4 is 5.32 Å². The van der Waals surface area contributed by atoms with E-state index in [4.69, 9.17) is 0 Å². The van der Waals surface area contributed by atoms with Crippen LogP contribution >= 0.6 is 0 Å². The monoisotopic (exact) mass is 261 g/mol. The summed E-state index contributed by atoms with van der Waals surface area (Å²) in [6.07, 6.45) is 6.75. The van der Waals surface area contributed by atoms with Gasteiger partial charge in [-0.15, -0.1) is 0 Å². The molecule has 0 unspecified atom stereocenters. The lowest BCUT2D eigenvalue weighted by atomic mass is 9.90. The molecule has 1 nitrogen and oxygen atoms in total. The summed E-state index contributed by atoms with van der Waals surface area (Å²) in [5, 5.41) is 3.15. The number of hydrogen-bond acceptors (Lipinski definition) is 1. The molecule has 0 saturated carbocycles. The number of nitrogens with one attached hydrogen (secondary N) is 1. The molecule has 1 aliphatic rings. The van der Waals surface area contributed by atoms with Gasteiger partial charge in [0.2, 0.25) is 0 Å². The van der Waals surface area contributed by atoms with Crippen LogP contribution in [0.2, 0.25) is 0 Å². The second-order valence-electron chi connectivity index (χ2n) is 5.08. The quantitative estimate of drug-likeness (QED) is 0.820. The highest BCUT2D eigenvalue weighted by Crippen LogP contribution is 2.31. The first-order valence-corrected chi connectivity index (χ1v) is 7.10. The third kappa shape index (κ3) is 2.67. The Balaban J connectivity index is 1.83. The van der Waals surface area contributed by atoms with E-state index in [-0.39, 0.29) is 0 Å². The number of hydrogen-bond donors (Lipinski definition) is 1. The minimum absolute atomic E-state index is 1.11. The average Bonchev–Trinajstić information content (AvgIpc) is 2.56. The van der Waals surface area contributed by atoms with Crippen molar-refractivity contribution < 1.29 is 0 Å². The first-order chi connectivity index (χ1) is 9.86. The van der Waals surface area contributed by atoms with Crippen molar-refractivity contribution in [1.29, 1.82) is 0 Å². The lowest BCUT2D eigenvalue weighted by molar-refractivity contribution is 1.07. The molecule has 0 spiro atoms. The summed E-state index contributed by atoms with van der Waals surface area (Å²) in [7, 11) is 1.95. The first-order valence-electron chi connectivity index (χ1n) is 7.10. The molecule has 2 aromatic carbocycles. The van der Waals surface area contributed by atoms with Crippen molar-refractivity contribution in [3.63, 3.8) is 0 Å².